The predicted molar refractivity (Wildman–Crippen MR) is 87.7 cm³/mol. The Morgan fingerprint density at radius 3 is 2.50 bits per heavy atom. The fraction of sp³-hybridized carbons (Fsp3) is 0.533. The largest absolute Gasteiger partial charge is 0.497 e. The first-order chi connectivity index (χ1) is 10.1. The van der Waals surface area contributed by atoms with Crippen molar-refractivity contribution in [1.82, 2.24) is 5.32 Å². The van der Waals surface area contributed by atoms with Gasteiger partial charge in [-0.1, -0.05) is 13.0 Å². The van der Waals surface area contributed by atoms with Crippen molar-refractivity contribution >= 4 is 21.6 Å². The molecule has 0 heterocycles. The van der Waals surface area contributed by atoms with Gasteiger partial charge in [0.2, 0.25) is 15.9 Å². The monoisotopic (exact) mass is 328 g/mol. The van der Waals surface area contributed by atoms with Crippen LogP contribution in [0.5, 0.6) is 5.75 Å². The highest BCUT2D eigenvalue weighted by molar-refractivity contribution is 7.92. The van der Waals surface area contributed by atoms with Crippen LogP contribution in [0.25, 0.3) is 0 Å². The molecule has 0 saturated heterocycles. The van der Waals surface area contributed by atoms with Gasteiger partial charge in [0, 0.05) is 11.6 Å². The molecule has 0 unspecified atom stereocenters. The molecule has 1 rings (SSSR count). The van der Waals surface area contributed by atoms with Crippen molar-refractivity contribution in [2.45, 2.75) is 32.7 Å². The van der Waals surface area contributed by atoms with E-state index < -0.39 is 10.0 Å². The van der Waals surface area contributed by atoms with Gasteiger partial charge in [-0.05, 0) is 32.4 Å². The van der Waals surface area contributed by atoms with E-state index in [2.05, 4.69) is 5.32 Å². The predicted octanol–water partition coefficient (Wildman–Crippen LogP) is 1.77. The molecule has 0 spiro atoms. The first-order valence-corrected chi connectivity index (χ1v) is 8.86. The van der Waals surface area contributed by atoms with Crippen LogP contribution in [0.1, 0.15) is 27.2 Å². The van der Waals surface area contributed by atoms with E-state index in [1.165, 1.54) is 7.11 Å². The van der Waals surface area contributed by atoms with Gasteiger partial charge in [0.15, 0.2) is 0 Å². The Labute approximate surface area is 132 Å². The molecule has 22 heavy (non-hydrogen) atoms. The van der Waals surface area contributed by atoms with Gasteiger partial charge in [-0.25, -0.2) is 8.42 Å². The second-order valence-corrected chi connectivity index (χ2v) is 7.66. The SMILES string of the molecule is CCC(C)(C)NC(=O)CN(c1cccc(OC)c1)S(C)(=O)=O. The third-order valence-corrected chi connectivity index (χ3v) is 4.53. The molecule has 0 atom stereocenters. The quantitative estimate of drug-likeness (QED) is 0.827. The number of carbonyl (C=O) groups is 1. The van der Waals surface area contributed by atoms with E-state index in [-0.39, 0.29) is 18.0 Å². The number of ether oxygens (including phenoxy) is 1. The molecule has 124 valence electrons. The molecule has 0 saturated carbocycles. The normalized spacial score (nSPS) is 11.9. The maximum Gasteiger partial charge on any atom is 0.241 e. The average molecular weight is 328 g/mol. The summed E-state index contributed by atoms with van der Waals surface area (Å²) in [6.45, 7) is 5.47. The van der Waals surface area contributed by atoms with Crippen LogP contribution in [0, 0.1) is 0 Å². The van der Waals surface area contributed by atoms with Gasteiger partial charge >= 0.3 is 0 Å². The van der Waals surface area contributed by atoms with Gasteiger partial charge in [-0.3, -0.25) is 9.10 Å². The van der Waals surface area contributed by atoms with Crippen LogP contribution in [-0.2, 0) is 14.8 Å². The van der Waals surface area contributed by atoms with E-state index >= 15 is 0 Å². The molecule has 1 aromatic carbocycles. The Bertz CT molecular complexity index is 626. The van der Waals surface area contributed by atoms with Crippen molar-refractivity contribution in [2.24, 2.45) is 0 Å². The summed E-state index contributed by atoms with van der Waals surface area (Å²) in [5.74, 6) is 0.181. The number of nitrogens with zero attached hydrogens (tertiary/aromatic N) is 1. The summed E-state index contributed by atoms with van der Waals surface area (Å²) in [6, 6.07) is 6.60. The zero-order valence-electron chi connectivity index (χ0n) is 13.7. The molecule has 1 N–H and O–H groups in total. The average Bonchev–Trinajstić information content (AvgIpc) is 2.43. The van der Waals surface area contributed by atoms with Crippen LogP contribution in [0.3, 0.4) is 0 Å². The Kier molecular flexibility index (Phi) is 5.82. The highest BCUT2D eigenvalue weighted by Crippen LogP contribution is 2.23. The molecule has 7 heteroatoms. The zero-order valence-corrected chi connectivity index (χ0v) is 14.5. The number of sulfonamides is 1. The molecule has 0 aliphatic rings. The van der Waals surface area contributed by atoms with Crippen LogP contribution in [0.2, 0.25) is 0 Å². The Morgan fingerprint density at radius 1 is 1.36 bits per heavy atom. The number of amides is 1. The lowest BCUT2D eigenvalue weighted by atomic mass is 10.0. The first-order valence-electron chi connectivity index (χ1n) is 7.02. The molecule has 1 amide bonds. The fourth-order valence-electron chi connectivity index (χ4n) is 1.80. The smallest absolute Gasteiger partial charge is 0.241 e. The second kappa shape index (κ2) is 7.00. The van der Waals surface area contributed by atoms with Crippen molar-refractivity contribution in [3.8, 4) is 5.75 Å². The van der Waals surface area contributed by atoms with Gasteiger partial charge < -0.3 is 10.1 Å². The van der Waals surface area contributed by atoms with E-state index in [4.69, 9.17) is 4.74 Å². The van der Waals surface area contributed by atoms with Crippen molar-refractivity contribution < 1.29 is 17.9 Å². The number of anilines is 1. The Balaban J connectivity index is 3.03. The van der Waals surface area contributed by atoms with E-state index in [9.17, 15) is 13.2 Å². The summed E-state index contributed by atoms with van der Waals surface area (Å²) >= 11 is 0. The zero-order chi connectivity index (χ0) is 17.0. The molecular formula is C15H24N2O4S. The minimum atomic E-state index is -3.58. The summed E-state index contributed by atoms with van der Waals surface area (Å²) in [6.07, 6.45) is 1.82. The summed E-state index contributed by atoms with van der Waals surface area (Å²) in [5.41, 5.74) is 0.0144. The number of methoxy groups -OCH3 is 1. The van der Waals surface area contributed by atoms with Gasteiger partial charge in [0.05, 0.1) is 19.1 Å². The minimum Gasteiger partial charge on any atom is -0.497 e. The fourth-order valence-corrected chi connectivity index (χ4v) is 2.65. The number of nitrogens with one attached hydrogen (secondary N) is 1. The molecule has 0 aromatic heterocycles. The standard InChI is InChI=1S/C15H24N2O4S/c1-6-15(2,3)16-14(18)11-17(22(5,19)20)12-8-7-9-13(10-12)21-4/h7-10H,6,11H2,1-5H3,(H,16,18). The molecule has 0 radical (unpaired) electrons. The Hall–Kier alpha value is -1.76. The molecule has 0 bridgehead atoms. The summed E-state index contributed by atoms with van der Waals surface area (Å²) in [7, 11) is -2.08. The lowest BCUT2D eigenvalue weighted by Crippen LogP contribution is -2.48. The first kappa shape index (κ1) is 18.3. The third kappa shape index (κ3) is 5.22. The third-order valence-electron chi connectivity index (χ3n) is 3.39. The summed E-state index contributed by atoms with van der Waals surface area (Å²) in [5, 5.41) is 2.83. The van der Waals surface area contributed by atoms with Crippen molar-refractivity contribution in [3.63, 3.8) is 0 Å². The van der Waals surface area contributed by atoms with Gasteiger partial charge in [-0.15, -0.1) is 0 Å². The highest BCUT2D eigenvalue weighted by Gasteiger charge is 2.24. The van der Waals surface area contributed by atoms with Crippen LogP contribution < -0.4 is 14.4 Å². The van der Waals surface area contributed by atoms with Crippen molar-refractivity contribution in [1.29, 1.82) is 0 Å². The molecule has 0 fully saturated rings. The molecule has 1 aromatic rings. The maximum atomic E-state index is 12.2. The molecular weight excluding hydrogens is 304 g/mol. The van der Waals surface area contributed by atoms with E-state index in [0.29, 0.717) is 11.4 Å². The minimum absolute atomic E-state index is 0.268. The van der Waals surface area contributed by atoms with Crippen molar-refractivity contribution in [3.05, 3.63) is 24.3 Å². The number of carbonyl (C=O) groups excluding carboxylic acids is 1. The van der Waals surface area contributed by atoms with Crippen LogP contribution in [0.4, 0.5) is 5.69 Å². The van der Waals surface area contributed by atoms with E-state index in [1.807, 2.05) is 20.8 Å². The van der Waals surface area contributed by atoms with E-state index in [1.54, 1.807) is 24.3 Å². The maximum absolute atomic E-state index is 12.2. The number of hydrogen-bond donors (Lipinski definition) is 1. The van der Waals surface area contributed by atoms with Crippen LogP contribution >= 0.6 is 0 Å². The van der Waals surface area contributed by atoms with Crippen LogP contribution in [-0.4, -0.2) is 39.8 Å². The van der Waals surface area contributed by atoms with Gasteiger partial charge in [-0.2, -0.15) is 0 Å². The highest BCUT2D eigenvalue weighted by atomic mass is 32.2. The number of benzene rings is 1. The lowest BCUT2D eigenvalue weighted by molar-refractivity contribution is -0.121. The number of rotatable bonds is 7. The summed E-state index contributed by atoms with van der Waals surface area (Å²) in [4.78, 5) is 12.2. The topological polar surface area (TPSA) is 75.7 Å². The van der Waals surface area contributed by atoms with Gasteiger partial charge in [0.25, 0.3) is 0 Å². The van der Waals surface area contributed by atoms with Crippen molar-refractivity contribution in [2.75, 3.05) is 24.2 Å². The van der Waals surface area contributed by atoms with Gasteiger partial charge in [0.1, 0.15) is 12.3 Å². The Morgan fingerprint density at radius 2 is 2.00 bits per heavy atom. The molecule has 6 nitrogen and oxygen atoms in total. The van der Waals surface area contributed by atoms with Crippen LogP contribution in [0.15, 0.2) is 24.3 Å². The second-order valence-electron chi connectivity index (χ2n) is 5.76. The summed E-state index contributed by atoms with van der Waals surface area (Å²) < 4.78 is 30.2. The molecule has 0 aliphatic heterocycles. The number of hydrogen-bond acceptors (Lipinski definition) is 4. The van der Waals surface area contributed by atoms with E-state index in [0.717, 1.165) is 17.0 Å². The molecule has 0 aliphatic carbocycles. The lowest BCUT2D eigenvalue weighted by Gasteiger charge is -2.27.